The molecule has 110 valence electrons. The van der Waals surface area contributed by atoms with Gasteiger partial charge in [-0.1, -0.05) is 29.8 Å². The molecule has 0 bridgehead atoms. The van der Waals surface area contributed by atoms with Crippen molar-refractivity contribution in [2.24, 2.45) is 0 Å². The predicted octanol–water partition coefficient (Wildman–Crippen LogP) is 3.96. The molecular formula is C17H19ClN2O. The van der Waals surface area contributed by atoms with E-state index in [-0.39, 0.29) is 5.91 Å². The Bertz CT molecular complexity index is 653. The summed E-state index contributed by atoms with van der Waals surface area (Å²) in [5.74, 6) is -0.00275. The number of halogens is 1. The van der Waals surface area contributed by atoms with E-state index in [1.807, 2.05) is 49.4 Å². The van der Waals surface area contributed by atoms with Crippen LogP contribution in [0, 0.1) is 6.92 Å². The van der Waals surface area contributed by atoms with Crippen molar-refractivity contribution in [2.45, 2.75) is 13.5 Å². The molecule has 1 amide bonds. The Labute approximate surface area is 130 Å². The summed E-state index contributed by atoms with van der Waals surface area (Å²) in [6.45, 7) is 2.65. The SMILES string of the molecule is Cc1ccc(CNc2cccc(C(=O)N(C)C)c2)cc1Cl. The van der Waals surface area contributed by atoms with E-state index in [1.54, 1.807) is 19.0 Å². The number of benzene rings is 2. The number of carbonyl (C=O) groups is 1. The molecule has 0 spiro atoms. The fourth-order valence-corrected chi connectivity index (χ4v) is 2.17. The molecule has 2 aromatic carbocycles. The summed E-state index contributed by atoms with van der Waals surface area (Å²) in [7, 11) is 3.49. The fourth-order valence-electron chi connectivity index (χ4n) is 1.97. The molecule has 2 rings (SSSR count). The minimum atomic E-state index is -0.00275. The molecule has 21 heavy (non-hydrogen) atoms. The van der Waals surface area contributed by atoms with E-state index in [0.29, 0.717) is 12.1 Å². The summed E-state index contributed by atoms with van der Waals surface area (Å²) in [4.78, 5) is 13.5. The number of hydrogen-bond acceptors (Lipinski definition) is 2. The minimum absolute atomic E-state index is 0.00275. The summed E-state index contributed by atoms with van der Waals surface area (Å²) in [5.41, 5.74) is 3.76. The smallest absolute Gasteiger partial charge is 0.253 e. The molecule has 0 aromatic heterocycles. The molecule has 0 heterocycles. The number of amides is 1. The molecule has 4 heteroatoms. The lowest BCUT2D eigenvalue weighted by molar-refractivity contribution is 0.0827. The normalized spacial score (nSPS) is 10.3. The maximum absolute atomic E-state index is 11.9. The molecule has 0 saturated carbocycles. The van der Waals surface area contributed by atoms with Gasteiger partial charge >= 0.3 is 0 Å². The predicted molar refractivity (Wildman–Crippen MR) is 88.0 cm³/mol. The van der Waals surface area contributed by atoms with Crippen LogP contribution in [-0.4, -0.2) is 24.9 Å². The van der Waals surface area contributed by atoms with Gasteiger partial charge in [0.05, 0.1) is 0 Å². The minimum Gasteiger partial charge on any atom is -0.381 e. The maximum atomic E-state index is 11.9. The Balaban J connectivity index is 2.08. The van der Waals surface area contributed by atoms with E-state index < -0.39 is 0 Å². The third-order valence-electron chi connectivity index (χ3n) is 3.25. The van der Waals surface area contributed by atoms with Crippen LogP contribution in [0.2, 0.25) is 5.02 Å². The number of carbonyl (C=O) groups excluding carboxylic acids is 1. The second-order valence-corrected chi connectivity index (χ2v) is 5.62. The number of hydrogen-bond donors (Lipinski definition) is 1. The molecule has 0 atom stereocenters. The van der Waals surface area contributed by atoms with Crippen LogP contribution in [0.5, 0.6) is 0 Å². The molecule has 0 saturated heterocycles. The molecule has 2 aromatic rings. The van der Waals surface area contributed by atoms with Gasteiger partial charge in [-0.25, -0.2) is 0 Å². The Morgan fingerprint density at radius 2 is 1.95 bits per heavy atom. The van der Waals surface area contributed by atoms with Crippen molar-refractivity contribution in [3.8, 4) is 0 Å². The van der Waals surface area contributed by atoms with Crippen LogP contribution in [0.3, 0.4) is 0 Å². The topological polar surface area (TPSA) is 32.3 Å². The van der Waals surface area contributed by atoms with E-state index in [4.69, 9.17) is 11.6 Å². The second kappa shape index (κ2) is 6.64. The van der Waals surface area contributed by atoms with Crippen LogP contribution in [0.1, 0.15) is 21.5 Å². The van der Waals surface area contributed by atoms with Crippen molar-refractivity contribution in [1.29, 1.82) is 0 Å². The van der Waals surface area contributed by atoms with Gasteiger partial charge in [0.2, 0.25) is 0 Å². The summed E-state index contributed by atoms with van der Waals surface area (Å²) in [6.07, 6.45) is 0. The van der Waals surface area contributed by atoms with Crippen LogP contribution in [0.4, 0.5) is 5.69 Å². The standard InChI is InChI=1S/C17H19ClN2O/c1-12-7-8-13(9-16(12)18)11-19-15-6-4-5-14(10-15)17(21)20(2)3/h4-10,19H,11H2,1-3H3. The Hall–Kier alpha value is -2.00. The van der Waals surface area contributed by atoms with E-state index in [9.17, 15) is 4.79 Å². The van der Waals surface area contributed by atoms with Crippen LogP contribution < -0.4 is 5.32 Å². The molecule has 0 unspecified atom stereocenters. The summed E-state index contributed by atoms with van der Waals surface area (Å²) in [5, 5.41) is 4.08. The van der Waals surface area contributed by atoms with Crippen LogP contribution >= 0.6 is 11.6 Å². The van der Waals surface area contributed by atoms with E-state index in [1.165, 1.54) is 0 Å². The van der Waals surface area contributed by atoms with Gasteiger partial charge in [0.1, 0.15) is 0 Å². The number of aryl methyl sites for hydroxylation is 1. The highest BCUT2D eigenvalue weighted by Crippen LogP contribution is 2.18. The average Bonchev–Trinajstić information content (AvgIpc) is 2.48. The number of rotatable bonds is 4. The average molecular weight is 303 g/mol. The molecule has 1 N–H and O–H groups in total. The van der Waals surface area contributed by atoms with Gasteiger partial charge in [0.15, 0.2) is 0 Å². The lowest BCUT2D eigenvalue weighted by Gasteiger charge is -2.12. The highest BCUT2D eigenvalue weighted by atomic mass is 35.5. The summed E-state index contributed by atoms with van der Waals surface area (Å²) >= 11 is 6.12. The molecule has 0 aliphatic heterocycles. The highest BCUT2D eigenvalue weighted by molar-refractivity contribution is 6.31. The number of nitrogens with zero attached hydrogens (tertiary/aromatic N) is 1. The third-order valence-corrected chi connectivity index (χ3v) is 3.66. The molecule has 0 aliphatic rings. The van der Waals surface area contributed by atoms with Gasteiger partial charge in [-0.15, -0.1) is 0 Å². The van der Waals surface area contributed by atoms with Gasteiger partial charge in [-0.2, -0.15) is 0 Å². The highest BCUT2D eigenvalue weighted by Gasteiger charge is 2.08. The molecule has 0 fully saturated rings. The summed E-state index contributed by atoms with van der Waals surface area (Å²) in [6, 6.07) is 13.5. The van der Waals surface area contributed by atoms with Gasteiger partial charge in [-0.05, 0) is 42.3 Å². The van der Waals surface area contributed by atoms with E-state index in [0.717, 1.165) is 21.8 Å². The zero-order valence-corrected chi connectivity index (χ0v) is 13.2. The first-order valence-electron chi connectivity index (χ1n) is 6.78. The van der Waals surface area contributed by atoms with Crippen molar-refractivity contribution in [3.63, 3.8) is 0 Å². The maximum Gasteiger partial charge on any atom is 0.253 e. The summed E-state index contributed by atoms with van der Waals surface area (Å²) < 4.78 is 0. The first-order chi connectivity index (χ1) is 9.97. The van der Waals surface area contributed by atoms with Gasteiger partial charge in [-0.3, -0.25) is 4.79 Å². The van der Waals surface area contributed by atoms with Gasteiger partial charge < -0.3 is 10.2 Å². The molecule has 0 radical (unpaired) electrons. The van der Waals surface area contributed by atoms with Gasteiger partial charge in [0, 0.05) is 36.9 Å². The van der Waals surface area contributed by atoms with Crippen molar-refractivity contribution in [3.05, 3.63) is 64.2 Å². The lowest BCUT2D eigenvalue weighted by Crippen LogP contribution is -2.21. The first-order valence-corrected chi connectivity index (χ1v) is 7.16. The van der Waals surface area contributed by atoms with Crippen LogP contribution in [0.25, 0.3) is 0 Å². The first kappa shape index (κ1) is 15.4. The van der Waals surface area contributed by atoms with Gasteiger partial charge in [0.25, 0.3) is 5.91 Å². The van der Waals surface area contributed by atoms with Crippen LogP contribution in [-0.2, 0) is 6.54 Å². The monoisotopic (exact) mass is 302 g/mol. The van der Waals surface area contributed by atoms with Crippen LogP contribution in [0.15, 0.2) is 42.5 Å². The Morgan fingerprint density at radius 1 is 1.19 bits per heavy atom. The van der Waals surface area contributed by atoms with Crippen molar-refractivity contribution in [2.75, 3.05) is 19.4 Å². The Morgan fingerprint density at radius 3 is 2.62 bits per heavy atom. The molecule has 3 nitrogen and oxygen atoms in total. The lowest BCUT2D eigenvalue weighted by atomic mass is 10.1. The third kappa shape index (κ3) is 3.99. The molecular weight excluding hydrogens is 284 g/mol. The zero-order chi connectivity index (χ0) is 15.4. The quantitative estimate of drug-likeness (QED) is 0.927. The molecule has 0 aliphatic carbocycles. The van der Waals surface area contributed by atoms with E-state index in [2.05, 4.69) is 5.32 Å². The largest absolute Gasteiger partial charge is 0.381 e. The van der Waals surface area contributed by atoms with E-state index >= 15 is 0 Å². The fraction of sp³-hybridized carbons (Fsp3) is 0.235. The van der Waals surface area contributed by atoms with Crippen molar-refractivity contribution in [1.82, 2.24) is 4.90 Å². The number of anilines is 1. The second-order valence-electron chi connectivity index (χ2n) is 5.22. The number of nitrogens with one attached hydrogen (secondary N) is 1. The Kier molecular flexibility index (Phi) is 4.86. The van der Waals surface area contributed by atoms with Crippen molar-refractivity contribution < 1.29 is 4.79 Å². The van der Waals surface area contributed by atoms with Crippen molar-refractivity contribution >= 4 is 23.2 Å². The zero-order valence-electron chi connectivity index (χ0n) is 12.5.